The molecule has 0 radical (unpaired) electrons. The molecule has 0 saturated carbocycles. The third kappa shape index (κ3) is 2.76. The van der Waals surface area contributed by atoms with E-state index in [1.54, 1.807) is 0 Å². The van der Waals surface area contributed by atoms with Gasteiger partial charge in [-0.15, -0.1) is 0 Å². The van der Waals surface area contributed by atoms with Crippen LogP contribution in [0.25, 0.3) is 39.2 Å². The van der Waals surface area contributed by atoms with E-state index in [0.717, 1.165) is 39.2 Å². The van der Waals surface area contributed by atoms with E-state index >= 15 is 0 Å². The number of fused-ring (bicyclic) bond motifs is 1. The summed E-state index contributed by atoms with van der Waals surface area (Å²) in [6.45, 7) is 0. The molecule has 2 aromatic heterocycles. The smallest absolute Gasteiger partial charge is 0.200 e. The van der Waals surface area contributed by atoms with Crippen molar-refractivity contribution < 1.29 is 0 Å². The molecule has 0 fully saturated rings. The van der Waals surface area contributed by atoms with Gasteiger partial charge in [0.25, 0.3) is 0 Å². The molecule has 0 aliphatic heterocycles. The van der Waals surface area contributed by atoms with Crippen LogP contribution in [0.4, 0.5) is 0 Å². The summed E-state index contributed by atoms with van der Waals surface area (Å²) in [6.07, 6.45) is 0. The molecule has 2 heterocycles. The van der Waals surface area contributed by atoms with Crippen LogP contribution in [0.3, 0.4) is 0 Å². The van der Waals surface area contributed by atoms with Crippen molar-refractivity contribution in [1.29, 1.82) is 0 Å². The second kappa shape index (κ2) is 6.78. The van der Waals surface area contributed by atoms with Crippen molar-refractivity contribution in [3.05, 3.63) is 88.7 Å². The summed E-state index contributed by atoms with van der Waals surface area (Å²) in [5.74, 6) is 0.724. The van der Waals surface area contributed by atoms with Crippen LogP contribution in [-0.2, 0) is 0 Å². The van der Waals surface area contributed by atoms with Crippen molar-refractivity contribution in [1.82, 2.24) is 19.7 Å². The fourth-order valence-electron chi connectivity index (χ4n) is 3.52. The second-order valence-corrected chi connectivity index (χ2v) is 7.28. The molecule has 0 bridgehead atoms. The fourth-order valence-corrected chi connectivity index (χ4v) is 3.93. The summed E-state index contributed by atoms with van der Waals surface area (Å²) in [6, 6.07) is 26.0. The van der Waals surface area contributed by atoms with Gasteiger partial charge in [-0.2, -0.15) is 5.10 Å². The lowest BCUT2D eigenvalue weighted by Crippen LogP contribution is -1.98. The van der Waals surface area contributed by atoms with E-state index in [0.29, 0.717) is 9.79 Å². The van der Waals surface area contributed by atoms with Gasteiger partial charge in [0, 0.05) is 21.5 Å². The van der Waals surface area contributed by atoms with E-state index in [2.05, 4.69) is 27.3 Å². The van der Waals surface area contributed by atoms with E-state index in [9.17, 15) is 0 Å². The molecular weight excluding hydrogens is 388 g/mol. The first kappa shape index (κ1) is 17.0. The zero-order valence-electron chi connectivity index (χ0n) is 14.7. The van der Waals surface area contributed by atoms with Crippen molar-refractivity contribution in [2.24, 2.45) is 0 Å². The standard InChI is InChI=1S/C22H15ClN4S/c23-15-11-12-18-17(13-15)19(14-7-3-1-4-8-14)20(24-18)21-25-26-22(28)27(21)16-9-5-2-6-10-16/h1-13,24H,(H,26,28). The molecule has 4 nitrogen and oxygen atoms in total. The van der Waals surface area contributed by atoms with E-state index in [-0.39, 0.29) is 0 Å². The molecule has 5 aromatic rings. The Morgan fingerprint density at radius 2 is 1.61 bits per heavy atom. The molecule has 0 spiro atoms. The predicted molar refractivity (Wildman–Crippen MR) is 116 cm³/mol. The van der Waals surface area contributed by atoms with Crippen molar-refractivity contribution in [2.75, 3.05) is 0 Å². The minimum Gasteiger partial charge on any atom is -0.351 e. The zero-order valence-corrected chi connectivity index (χ0v) is 16.3. The summed E-state index contributed by atoms with van der Waals surface area (Å²) in [4.78, 5) is 3.52. The predicted octanol–water partition coefficient (Wildman–Crippen LogP) is 6.40. The maximum atomic E-state index is 6.31. The summed E-state index contributed by atoms with van der Waals surface area (Å²) in [5.41, 5.74) is 4.96. The summed E-state index contributed by atoms with van der Waals surface area (Å²) >= 11 is 11.8. The van der Waals surface area contributed by atoms with Crippen molar-refractivity contribution >= 4 is 34.7 Å². The van der Waals surface area contributed by atoms with Gasteiger partial charge in [-0.1, -0.05) is 60.1 Å². The summed E-state index contributed by atoms with van der Waals surface area (Å²) in [5, 5.41) is 9.22. The minimum atomic E-state index is 0.539. The van der Waals surface area contributed by atoms with Crippen LogP contribution in [0.1, 0.15) is 0 Å². The largest absolute Gasteiger partial charge is 0.351 e. The fraction of sp³-hybridized carbons (Fsp3) is 0. The van der Waals surface area contributed by atoms with Gasteiger partial charge in [-0.3, -0.25) is 9.67 Å². The molecule has 0 saturated heterocycles. The minimum absolute atomic E-state index is 0.539. The van der Waals surface area contributed by atoms with Gasteiger partial charge >= 0.3 is 0 Å². The second-order valence-electron chi connectivity index (χ2n) is 6.45. The van der Waals surface area contributed by atoms with Crippen LogP contribution in [-0.4, -0.2) is 19.7 Å². The van der Waals surface area contributed by atoms with Gasteiger partial charge < -0.3 is 4.98 Å². The summed E-state index contributed by atoms with van der Waals surface area (Å²) < 4.78 is 2.48. The van der Waals surface area contributed by atoms with Gasteiger partial charge in [0.15, 0.2) is 10.6 Å². The monoisotopic (exact) mass is 402 g/mol. The molecular formula is C22H15ClN4S. The van der Waals surface area contributed by atoms with Crippen LogP contribution in [0.5, 0.6) is 0 Å². The lowest BCUT2D eigenvalue weighted by molar-refractivity contribution is 1.03. The van der Waals surface area contributed by atoms with E-state index in [1.807, 2.05) is 71.3 Å². The van der Waals surface area contributed by atoms with Crippen molar-refractivity contribution in [2.45, 2.75) is 0 Å². The number of hydrogen-bond acceptors (Lipinski definition) is 2. The van der Waals surface area contributed by atoms with Crippen LogP contribution in [0, 0.1) is 4.77 Å². The molecule has 0 unspecified atom stereocenters. The maximum Gasteiger partial charge on any atom is 0.200 e. The van der Waals surface area contributed by atoms with Crippen molar-refractivity contribution in [3.8, 4) is 28.3 Å². The molecule has 136 valence electrons. The SMILES string of the molecule is S=c1[nH]nc(-c2[nH]c3ccc(Cl)cc3c2-c2ccccc2)n1-c1ccccc1. The lowest BCUT2D eigenvalue weighted by atomic mass is 10.0. The number of nitrogens with zero attached hydrogens (tertiary/aromatic N) is 2. The number of halogens is 1. The Bertz CT molecular complexity index is 1330. The molecule has 2 N–H and O–H groups in total. The van der Waals surface area contributed by atoms with E-state index < -0.39 is 0 Å². The lowest BCUT2D eigenvalue weighted by Gasteiger charge is -2.08. The Morgan fingerprint density at radius 1 is 0.893 bits per heavy atom. The Balaban J connectivity index is 1.86. The average molecular weight is 403 g/mol. The molecule has 0 atom stereocenters. The molecule has 0 aliphatic carbocycles. The number of nitrogens with one attached hydrogen (secondary N) is 2. The quantitative estimate of drug-likeness (QED) is 0.343. The van der Waals surface area contributed by atoms with E-state index in [1.165, 1.54) is 0 Å². The number of aromatic nitrogens is 4. The topological polar surface area (TPSA) is 49.4 Å². The number of rotatable bonds is 3. The van der Waals surface area contributed by atoms with Crippen LogP contribution < -0.4 is 0 Å². The average Bonchev–Trinajstić information content (AvgIpc) is 3.29. The van der Waals surface area contributed by atoms with Gasteiger partial charge in [-0.25, -0.2) is 0 Å². The molecule has 0 aliphatic rings. The number of hydrogen-bond donors (Lipinski definition) is 2. The zero-order chi connectivity index (χ0) is 19.1. The molecule has 3 aromatic carbocycles. The first-order valence-electron chi connectivity index (χ1n) is 8.82. The maximum absolute atomic E-state index is 6.31. The van der Waals surface area contributed by atoms with Crippen LogP contribution >= 0.6 is 23.8 Å². The first-order chi connectivity index (χ1) is 13.7. The Morgan fingerprint density at radius 3 is 2.36 bits per heavy atom. The number of para-hydroxylation sites is 1. The molecule has 28 heavy (non-hydrogen) atoms. The third-order valence-corrected chi connectivity index (χ3v) is 5.24. The van der Waals surface area contributed by atoms with Gasteiger partial charge in [-0.05, 0) is 48.1 Å². The third-order valence-electron chi connectivity index (χ3n) is 4.73. The molecule has 0 amide bonds. The first-order valence-corrected chi connectivity index (χ1v) is 9.61. The van der Waals surface area contributed by atoms with Crippen molar-refractivity contribution in [3.63, 3.8) is 0 Å². The molecule has 6 heteroatoms. The number of aromatic amines is 2. The highest BCUT2D eigenvalue weighted by Crippen LogP contribution is 2.39. The van der Waals surface area contributed by atoms with Gasteiger partial charge in [0.05, 0.1) is 11.4 Å². The Hall–Kier alpha value is -3.15. The Kier molecular flexibility index (Phi) is 4.11. The van der Waals surface area contributed by atoms with E-state index in [4.69, 9.17) is 23.8 Å². The van der Waals surface area contributed by atoms with Crippen LogP contribution in [0.15, 0.2) is 78.9 Å². The highest BCUT2D eigenvalue weighted by Gasteiger charge is 2.20. The normalized spacial score (nSPS) is 11.2. The highest BCUT2D eigenvalue weighted by atomic mass is 35.5. The van der Waals surface area contributed by atoms with Crippen LogP contribution in [0.2, 0.25) is 5.02 Å². The van der Waals surface area contributed by atoms with Gasteiger partial charge in [0.2, 0.25) is 0 Å². The summed E-state index contributed by atoms with van der Waals surface area (Å²) in [7, 11) is 0. The molecule has 5 rings (SSSR count). The number of benzene rings is 3. The highest BCUT2D eigenvalue weighted by molar-refractivity contribution is 7.71. The van der Waals surface area contributed by atoms with Gasteiger partial charge in [0.1, 0.15) is 0 Å². The Labute approximate surface area is 171 Å². The number of H-pyrrole nitrogens is 2.